The van der Waals surface area contributed by atoms with Crippen molar-refractivity contribution in [2.24, 2.45) is 0 Å². The first-order valence-electron chi connectivity index (χ1n) is 11.1. The molecule has 0 aliphatic rings. The van der Waals surface area contributed by atoms with Crippen LogP contribution in [0.1, 0.15) is 18.1 Å². The predicted octanol–water partition coefficient (Wildman–Crippen LogP) is 7.95. The largest absolute Gasteiger partial charge is 0.495 e. The number of hydrogen-bond acceptors (Lipinski definition) is 6. The Hall–Kier alpha value is -3.09. The Morgan fingerprint density at radius 3 is 2.37 bits per heavy atom. The molecule has 7 nitrogen and oxygen atoms in total. The van der Waals surface area contributed by atoms with Gasteiger partial charge in [-0.2, -0.15) is 5.26 Å². The first-order valence-corrected chi connectivity index (χ1v) is 13.0. The third-order valence-electron chi connectivity index (χ3n) is 5.12. The van der Waals surface area contributed by atoms with E-state index in [2.05, 4.69) is 21.2 Å². The van der Waals surface area contributed by atoms with Gasteiger partial charge in [0.25, 0.3) is 5.91 Å². The summed E-state index contributed by atoms with van der Waals surface area (Å²) in [6, 6.07) is 13.5. The summed E-state index contributed by atoms with van der Waals surface area (Å²) in [6.45, 7) is 2.36. The van der Waals surface area contributed by atoms with Gasteiger partial charge in [0.2, 0.25) is 0 Å². The zero-order chi connectivity index (χ0) is 27.8. The Balaban J connectivity index is 1.89. The van der Waals surface area contributed by atoms with E-state index in [1.165, 1.54) is 32.4 Å². The van der Waals surface area contributed by atoms with Gasteiger partial charge >= 0.3 is 0 Å². The maximum absolute atomic E-state index is 13.0. The lowest BCUT2D eigenvalue weighted by molar-refractivity contribution is -0.112. The number of halogens is 4. The molecule has 0 bridgehead atoms. The SMILES string of the molecule is CCOc1cc(/C=C(\C#N)C(=O)Nc2cc(OC)c(Cl)cc2OC)cc(Br)c1OCc1ccc(Cl)cc1Cl. The standard InChI is InChI=1S/C27H22BrCl3N2O5/c1-4-37-25-9-15(8-19(28)26(25)38-14-16-5-6-18(29)10-20(16)30)7-17(13-32)27(34)33-22-12-23(35-2)21(31)11-24(22)36-3/h5-12H,4,14H2,1-3H3,(H,33,34)/b17-7+. The molecule has 0 saturated carbocycles. The predicted molar refractivity (Wildman–Crippen MR) is 153 cm³/mol. The van der Waals surface area contributed by atoms with Gasteiger partial charge in [-0.05, 0) is 58.8 Å². The summed E-state index contributed by atoms with van der Waals surface area (Å²) in [5.74, 6) is 0.856. The molecule has 0 radical (unpaired) electrons. The molecule has 3 rings (SSSR count). The number of benzene rings is 3. The van der Waals surface area contributed by atoms with E-state index in [0.717, 1.165) is 5.56 Å². The molecule has 198 valence electrons. The molecule has 38 heavy (non-hydrogen) atoms. The van der Waals surface area contributed by atoms with Gasteiger partial charge < -0.3 is 24.3 Å². The van der Waals surface area contributed by atoms with Crippen LogP contribution in [0.4, 0.5) is 5.69 Å². The summed E-state index contributed by atoms with van der Waals surface area (Å²) in [5, 5.41) is 13.7. The second-order valence-electron chi connectivity index (χ2n) is 7.60. The molecule has 0 spiro atoms. The molecule has 11 heteroatoms. The molecule has 0 heterocycles. The Morgan fingerprint density at radius 2 is 1.74 bits per heavy atom. The second kappa shape index (κ2) is 13.6. The smallest absolute Gasteiger partial charge is 0.266 e. The summed E-state index contributed by atoms with van der Waals surface area (Å²) >= 11 is 21.9. The number of nitrogens with one attached hydrogen (secondary N) is 1. The van der Waals surface area contributed by atoms with E-state index in [1.807, 2.05) is 13.0 Å². The molecule has 1 amide bonds. The highest BCUT2D eigenvalue weighted by molar-refractivity contribution is 9.10. The van der Waals surface area contributed by atoms with Gasteiger partial charge in [0.1, 0.15) is 29.7 Å². The molecule has 0 aliphatic carbocycles. The van der Waals surface area contributed by atoms with Crippen molar-refractivity contribution in [2.45, 2.75) is 13.5 Å². The average Bonchev–Trinajstić information content (AvgIpc) is 2.88. The van der Waals surface area contributed by atoms with Crippen LogP contribution in [0.2, 0.25) is 15.1 Å². The molecular formula is C27H22BrCl3N2O5. The van der Waals surface area contributed by atoms with Crippen molar-refractivity contribution >= 4 is 68.4 Å². The summed E-state index contributed by atoms with van der Waals surface area (Å²) < 4.78 is 22.8. The first-order chi connectivity index (χ1) is 18.2. The maximum Gasteiger partial charge on any atom is 0.266 e. The Labute approximate surface area is 243 Å². The van der Waals surface area contributed by atoms with Crippen molar-refractivity contribution in [3.63, 3.8) is 0 Å². The summed E-state index contributed by atoms with van der Waals surface area (Å²) in [4.78, 5) is 13.0. The highest BCUT2D eigenvalue weighted by Gasteiger charge is 2.18. The van der Waals surface area contributed by atoms with Crippen molar-refractivity contribution < 1.29 is 23.7 Å². The van der Waals surface area contributed by atoms with Crippen LogP contribution in [0, 0.1) is 11.3 Å². The van der Waals surface area contributed by atoms with Crippen LogP contribution in [0.5, 0.6) is 23.0 Å². The topological polar surface area (TPSA) is 89.8 Å². The quantitative estimate of drug-likeness (QED) is 0.179. The van der Waals surface area contributed by atoms with Crippen LogP contribution < -0.4 is 24.3 Å². The number of nitrogens with zero attached hydrogens (tertiary/aromatic N) is 1. The molecule has 3 aromatic carbocycles. The Morgan fingerprint density at radius 1 is 1.00 bits per heavy atom. The van der Waals surface area contributed by atoms with Crippen LogP contribution in [-0.2, 0) is 11.4 Å². The van der Waals surface area contributed by atoms with E-state index >= 15 is 0 Å². The second-order valence-corrected chi connectivity index (χ2v) is 9.70. The number of anilines is 1. The summed E-state index contributed by atoms with van der Waals surface area (Å²) in [6.07, 6.45) is 1.43. The van der Waals surface area contributed by atoms with Gasteiger partial charge in [-0.15, -0.1) is 0 Å². The number of ether oxygens (including phenoxy) is 4. The number of methoxy groups -OCH3 is 2. The van der Waals surface area contributed by atoms with E-state index in [4.69, 9.17) is 53.8 Å². The number of nitriles is 1. The van der Waals surface area contributed by atoms with Gasteiger partial charge in [0.05, 0.1) is 36.0 Å². The fourth-order valence-corrected chi connectivity index (χ4v) is 4.59. The van der Waals surface area contributed by atoms with Crippen molar-refractivity contribution in [1.82, 2.24) is 0 Å². The molecule has 0 saturated heterocycles. The lowest BCUT2D eigenvalue weighted by Gasteiger charge is -2.16. The van der Waals surface area contributed by atoms with Crippen LogP contribution >= 0.6 is 50.7 Å². The number of carbonyl (C=O) groups is 1. The summed E-state index contributed by atoms with van der Waals surface area (Å²) in [5.41, 5.74) is 1.41. The van der Waals surface area contributed by atoms with Gasteiger partial charge in [-0.1, -0.05) is 40.9 Å². The summed E-state index contributed by atoms with van der Waals surface area (Å²) in [7, 11) is 2.89. The van der Waals surface area contributed by atoms with E-state index in [-0.39, 0.29) is 12.2 Å². The first kappa shape index (κ1) is 29.5. The van der Waals surface area contributed by atoms with Gasteiger partial charge in [-0.3, -0.25) is 4.79 Å². The number of carbonyl (C=O) groups excluding carboxylic acids is 1. The highest BCUT2D eigenvalue weighted by atomic mass is 79.9. The molecule has 1 N–H and O–H groups in total. The van der Waals surface area contributed by atoms with E-state index in [1.54, 1.807) is 30.3 Å². The zero-order valence-electron chi connectivity index (χ0n) is 20.5. The zero-order valence-corrected chi connectivity index (χ0v) is 24.4. The van der Waals surface area contributed by atoms with E-state index in [9.17, 15) is 10.1 Å². The van der Waals surface area contributed by atoms with Crippen molar-refractivity contribution in [3.8, 4) is 29.1 Å². The fraction of sp³-hybridized carbons (Fsp3) is 0.185. The van der Waals surface area contributed by atoms with E-state index in [0.29, 0.717) is 60.4 Å². The third-order valence-corrected chi connectivity index (χ3v) is 6.59. The molecule has 0 aromatic heterocycles. The minimum atomic E-state index is -0.651. The normalized spacial score (nSPS) is 10.9. The van der Waals surface area contributed by atoms with Crippen LogP contribution in [0.3, 0.4) is 0 Å². The van der Waals surface area contributed by atoms with Crippen LogP contribution in [0.15, 0.2) is 52.5 Å². The molecular weight excluding hydrogens is 619 g/mol. The highest BCUT2D eigenvalue weighted by Crippen LogP contribution is 2.39. The van der Waals surface area contributed by atoms with Gasteiger partial charge in [0, 0.05) is 27.7 Å². The van der Waals surface area contributed by atoms with Crippen LogP contribution in [-0.4, -0.2) is 26.7 Å². The van der Waals surface area contributed by atoms with Crippen molar-refractivity contribution in [2.75, 3.05) is 26.1 Å². The number of rotatable bonds is 10. The van der Waals surface area contributed by atoms with Gasteiger partial charge in [0.15, 0.2) is 11.5 Å². The number of hydrogen-bond donors (Lipinski definition) is 1. The van der Waals surface area contributed by atoms with Gasteiger partial charge in [-0.25, -0.2) is 0 Å². The Kier molecular flexibility index (Phi) is 10.6. The molecule has 0 unspecified atom stereocenters. The Bertz CT molecular complexity index is 1420. The lowest BCUT2D eigenvalue weighted by atomic mass is 10.1. The number of amides is 1. The minimum Gasteiger partial charge on any atom is -0.495 e. The minimum absolute atomic E-state index is 0.156. The maximum atomic E-state index is 13.0. The monoisotopic (exact) mass is 638 g/mol. The third kappa shape index (κ3) is 7.27. The molecule has 0 fully saturated rings. The molecule has 0 atom stereocenters. The lowest BCUT2D eigenvalue weighted by Crippen LogP contribution is -2.14. The molecule has 3 aromatic rings. The van der Waals surface area contributed by atoms with E-state index < -0.39 is 5.91 Å². The average molecular weight is 641 g/mol. The molecule has 0 aliphatic heterocycles. The van der Waals surface area contributed by atoms with Crippen molar-refractivity contribution in [3.05, 3.63) is 78.7 Å². The fourth-order valence-electron chi connectivity index (χ4n) is 3.33. The van der Waals surface area contributed by atoms with Crippen molar-refractivity contribution in [1.29, 1.82) is 5.26 Å². The van der Waals surface area contributed by atoms with Crippen LogP contribution in [0.25, 0.3) is 6.08 Å².